The molecule has 1 aromatic carbocycles. The second kappa shape index (κ2) is 5.51. The number of hydrogen-bond donors (Lipinski definition) is 2. The van der Waals surface area contributed by atoms with E-state index in [1.54, 1.807) is 18.2 Å². The molecule has 1 fully saturated rings. The van der Waals surface area contributed by atoms with Crippen molar-refractivity contribution in [1.82, 2.24) is 5.32 Å². The molecule has 94 valence electrons. The maximum absolute atomic E-state index is 12.1. The van der Waals surface area contributed by atoms with Gasteiger partial charge >= 0.3 is 0 Å². The van der Waals surface area contributed by atoms with Gasteiger partial charge in [-0.25, -0.2) is 0 Å². The zero-order valence-electron chi connectivity index (χ0n) is 10.0. The first-order valence-electron chi connectivity index (χ1n) is 5.85. The molecule has 5 heteroatoms. The monoisotopic (exact) mass is 307 g/mol. The minimum atomic E-state index is 0.00698. The van der Waals surface area contributed by atoms with E-state index in [9.17, 15) is 4.79 Å². The van der Waals surface area contributed by atoms with Gasteiger partial charge in [-0.15, -0.1) is 0 Å². The first-order chi connectivity index (χ1) is 8.61. The summed E-state index contributed by atoms with van der Waals surface area (Å²) in [6.45, 7) is 2.90. The summed E-state index contributed by atoms with van der Waals surface area (Å²) in [6, 6.07) is 7.40. The van der Waals surface area contributed by atoms with Crippen LogP contribution in [0.4, 0.5) is 5.69 Å². The Hall–Kier alpha value is -1.38. The van der Waals surface area contributed by atoms with Gasteiger partial charge in [0.2, 0.25) is 5.91 Å². The molecule has 1 aliphatic heterocycles. The van der Waals surface area contributed by atoms with Crippen LogP contribution < -0.4 is 10.6 Å². The van der Waals surface area contributed by atoms with Gasteiger partial charge in [-0.2, -0.15) is 5.26 Å². The first-order valence-corrected chi connectivity index (χ1v) is 6.65. The standard InChI is InChI=1S/C13H14BrN3O/c1-8-10(4-5-16-8)13(18)17-12-3-2-9(7-15)6-11(12)14/h2-3,6,8,10,16H,4-5H2,1H3,(H,17,18). The average molecular weight is 308 g/mol. The molecule has 1 heterocycles. The van der Waals surface area contributed by atoms with Gasteiger partial charge in [0.25, 0.3) is 0 Å². The fourth-order valence-corrected chi connectivity index (χ4v) is 2.61. The van der Waals surface area contributed by atoms with Gasteiger partial charge in [-0.3, -0.25) is 4.79 Å². The number of amides is 1. The molecule has 0 saturated carbocycles. The number of carbonyl (C=O) groups is 1. The zero-order valence-corrected chi connectivity index (χ0v) is 11.6. The number of nitrogens with one attached hydrogen (secondary N) is 2. The lowest BCUT2D eigenvalue weighted by Gasteiger charge is -2.15. The largest absolute Gasteiger partial charge is 0.325 e. The molecule has 1 amide bonds. The van der Waals surface area contributed by atoms with Crippen LogP contribution in [0.25, 0.3) is 0 Å². The van der Waals surface area contributed by atoms with E-state index in [0.717, 1.165) is 17.4 Å². The number of rotatable bonds is 2. The SMILES string of the molecule is CC1NCCC1C(=O)Nc1ccc(C#N)cc1Br. The predicted molar refractivity (Wildman–Crippen MR) is 73.1 cm³/mol. The second-order valence-electron chi connectivity index (χ2n) is 4.43. The summed E-state index contributed by atoms with van der Waals surface area (Å²) in [5.74, 6) is 0.0328. The highest BCUT2D eigenvalue weighted by Gasteiger charge is 2.29. The molecule has 4 nitrogen and oxygen atoms in total. The Kier molecular flexibility index (Phi) is 4.00. The van der Waals surface area contributed by atoms with Gasteiger partial charge < -0.3 is 10.6 Å². The average Bonchev–Trinajstić information content (AvgIpc) is 2.78. The molecule has 1 aliphatic rings. The third-order valence-corrected chi connectivity index (χ3v) is 3.87. The van der Waals surface area contributed by atoms with Crippen molar-refractivity contribution in [3.63, 3.8) is 0 Å². The van der Waals surface area contributed by atoms with Gasteiger partial charge in [0.15, 0.2) is 0 Å². The lowest BCUT2D eigenvalue weighted by atomic mass is 10.0. The van der Waals surface area contributed by atoms with Crippen LogP contribution in [0.1, 0.15) is 18.9 Å². The van der Waals surface area contributed by atoms with E-state index >= 15 is 0 Å². The molecule has 2 N–H and O–H groups in total. The lowest BCUT2D eigenvalue weighted by Crippen LogP contribution is -2.32. The van der Waals surface area contributed by atoms with E-state index in [4.69, 9.17) is 5.26 Å². The number of nitriles is 1. The molecule has 0 radical (unpaired) electrons. The number of benzene rings is 1. The van der Waals surface area contributed by atoms with Gasteiger partial charge in [-0.05, 0) is 54.0 Å². The van der Waals surface area contributed by atoms with Crippen molar-refractivity contribution < 1.29 is 4.79 Å². The molecule has 2 unspecified atom stereocenters. The minimum absolute atomic E-state index is 0.00698. The van der Waals surface area contributed by atoms with E-state index in [0.29, 0.717) is 11.3 Å². The van der Waals surface area contributed by atoms with Crippen LogP contribution in [0.3, 0.4) is 0 Å². The minimum Gasteiger partial charge on any atom is -0.325 e. The molecule has 0 aromatic heterocycles. The molecule has 18 heavy (non-hydrogen) atoms. The van der Waals surface area contributed by atoms with Crippen molar-refractivity contribution in [2.45, 2.75) is 19.4 Å². The van der Waals surface area contributed by atoms with Crippen LogP contribution in [-0.2, 0) is 4.79 Å². The summed E-state index contributed by atoms with van der Waals surface area (Å²) in [6.07, 6.45) is 0.862. The Bertz CT molecular complexity index is 509. The molecule has 2 atom stereocenters. The molecule has 2 rings (SSSR count). The van der Waals surface area contributed by atoms with Crippen molar-refractivity contribution in [3.8, 4) is 6.07 Å². The normalized spacial score (nSPS) is 22.5. The Labute approximate surface area is 115 Å². The Balaban J connectivity index is 2.10. The Morgan fingerprint density at radius 3 is 2.94 bits per heavy atom. The highest BCUT2D eigenvalue weighted by Crippen LogP contribution is 2.25. The fraction of sp³-hybridized carbons (Fsp3) is 0.385. The third-order valence-electron chi connectivity index (χ3n) is 3.22. The zero-order chi connectivity index (χ0) is 13.1. The summed E-state index contributed by atoms with van der Waals surface area (Å²) in [5, 5.41) is 14.9. The number of nitrogens with zero attached hydrogens (tertiary/aromatic N) is 1. The Morgan fingerprint density at radius 2 is 2.39 bits per heavy atom. The Morgan fingerprint density at radius 1 is 1.61 bits per heavy atom. The van der Waals surface area contributed by atoms with Gasteiger partial charge in [0.1, 0.15) is 0 Å². The molecule has 0 bridgehead atoms. The van der Waals surface area contributed by atoms with E-state index in [-0.39, 0.29) is 17.9 Å². The maximum Gasteiger partial charge on any atom is 0.229 e. The van der Waals surface area contributed by atoms with E-state index in [1.807, 2.05) is 6.92 Å². The second-order valence-corrected chi connectivity index (χ2v) is 5.29. The van der Waals surface area contributed by atoms with Gasteiger partial charge in [-0.1, -0.05) is 0 Å². The van der Waals surface area contributed by atoms with E-state index in [1.165, 1.54) is 0 Å². The van der Waals surface area contributed by atoms with E-state index < -0.39 is 0 Å². The van der Waals surface area contributed by atoms with Gasteiger partial charge in [0.05, 0.1) is 23.2 Å². The van der Waals surface area contributed by atoms with Crippen molar-refractivity contribution in [2.24, 2.45) is 5.92 Å². The summed E-state index contributed by atoms with van der Waals surface area (Å²) >= 11 is 3.36. The van der Waals surface area contributed by atoms with Crippen LogP contribution in [-0.4, -0.2) is 18.5 Å². The van der Waals surface area contributed by atoms with Crippen molar-refractivity contribution >= 4 is 27.5 Å². The quantitative estimate of drug-likeness (QED) is 0.881. The summed E-state index contributed by atoms with van der Waals surface area (Å²) in [4.78, 5) is 12.1. The third kappa shape index (κ3) is 2.71. The van der Waals surface area contributed by atoms with Crippen LogP contribution in [0, 0.1) is 17.2 Å². The molecule has 0 spiro atoms. The molecular weight excluding hydrogens is 294 g/mol. The van der Waals surface area contributed by atoms with Crippen LogP contribution in [0.5, 0.6) is 0 Å². The first kappa shape index (κ1) is 13.1. The van der Waals surface area contributed by atoms with Crippen molar-refractivity contribution in [1.29, 1.82) is 5.26 Å². The topological polar surface area (TPSA) is 64.9 Å². The number of hydrogen-bond acceptors (Lipinski definition) is 3. The maximum atomic E-state index is 12.1. The molecular formula is C13H14BrN3O. The highest BCUT2D eigenvalue weighted by molar-refractivity contribution is 9.10. The van der Waals surface area contributed by atoms with E-state index in [2.05, 4.69) is 32.6 Å². The smallest absolute Gasteiger partial charge is 0.229 e. The molecule has 0 aliphatic carbocycles. The lowest BCUT2D eigenvalue weighted by molar-refractivity contribution is -0.120. The number of carbonyl (C=O) groups excluding carboxylic acids is 1. The molecule has 1 saturated heterocycles. The number of halogens is 1. The highest BCUT2D eigenvalue weighted by atomic mass is 79.9. The predicted octanol–water partition coefficient (Wildman–Crippen LogP) is 2.26. The number of anilines is 1. The van der Waals surface area contributed by atoms with Crippen LogP contribution in [0.15, 0.2) is 22.7 Å². The van der Waals surface area contributed by atoms with Crippen LogP contribution >= 0.6 is 15.9 Å². The van der Waals surface area contributed by atoms with Gasteiger partial charge in [0, 0.05) is 10.5 Å². The summed E-state index contributed by atoms with van der Waals surface area (Å²) in [5.41, 5.74) is 1.27. The van der Waals surface area contributed by atoms with Crippen molar-refractivity contribution in [3.05, 3.63) is 28.2 Å². The summed E-state index contributed by atoms with van der Waals surface area (Å²) < 4.78 is 0.730. The van der Waals surface area contributed by atoms with Crippen molar-refractivity contribution in [2.75, 3.05) is 11.9 Å². The molecule has 1 aromatic rings. The summed E-state index contributed by atoms with van der Waals surface area (Å²) in [7, 11) is 0. The fourth-order valence-electron chi connectivity index (χ4n) is 2.13. The van der Waals surface area contributed by atoms with Crippen LogP contribution in [0.2, 0.25) is 0 Å².